The van der Waals surface area contributed by atoms with Crippen molar-refractivity contribution in [3.8, 4) is 0 Å². The molecule has 1 amide bonds. The summed E-state index contributed by atoms with van der Waals surface area (Å²) in [4.78, 5) is 12.5. The average Bonchev–Trinajstić information content (AvgIpc) is 2.28. The minimum Gasteiger partial charge on any atom is -0.363 e. The number of nitrogens with one attached hydrogen (secondary N) is 1. The Kier molecular flexibility index (Phi) is 3.53. The highest BCUT2D eigenvalue weighted by Crippen LogP contribution is 2.28. The van der Waals surface area contributed by atoms with Crippen LogP contribution in [0.25, 0.3) is 0 Å². The summed E-state index contributed by atoms with van der Waals surface area (Å²) in [6.45, 7) is -0.442. The Hall–Kier alpha value is -1.57. The van der Waals surface area contributed by atoms with Crippen LogP contribution in [0.15, 0.2) is 34.4 Å². The van der Waals surface area contributed by atoms with Gasteiger partial charge >= 0.3 is 6.18 Å². The fraction of sp³-hybridized carbons (Fsp3) is 0.182. The van der Waals surface area contributed by atoms with E-state index < -0.39 is 30.3 Å². The number of carbonyl (C=O) groups is 1. The lowest BCUT2D eigenvalue weighted by Gasteiger charge is -2.28. The second kappa shape index (κ2) is 4.84. The van der Waals surface area contributed by atoms with Crippen LogP contribution in [0.1, 0.15) is 0 Å². The number of hydrogen-bond donors (Lipinski definition) is 1. The highest BCUT2D eigenvalue weighted by molar-refractivity contribution is 9.10. The van der Waals surface area contributed by atoms with Crippen LogP contribution in [-0.4, -0.2) is 18.8 Å². The lowest BCUT2D eigenvalue weighted by molar-refractivity contribution is -0.118. The smallest absolute Gasteiger partial charge is 0.363 e. The minimum atomic E-state index is -4.62. The van der Waals surface area contributed by atoms with Crippen molar-refractivity contribution < 1.29 is 22.4 Å². The largest absolute Gasteiger partial charge is 0.431 e. The topological polar surface area (TPSA) is 32.3 Å². The molecule has 0 spiro atoms. The predicted octanol–water partition coefficient (Wildman–Crippen LogP) is 2.93. The van der Waals surface area contributed by atoms with E-state index in [0.717, 1.165) is 11.0 Å². The van der Waals surface area contributed by atoms with Gasteiger partial charge in [-0.15, -0.1) is 0 Å². The number of alkyl halides is 3. The number of anilines is 1. The standard InChI is InChI=1S/C11H7BrF4N2O/c12-6-1-2-8(7(13)3-6)18-5-17-9(4-10(18)19)11(14,15)16/h1-4,17H,5H2. The Morgan fingerprint density at radius 2 is 2.00 bits per heavy atom. The Morgan fingerprint density at radius 3 is 2.53 bits per heavy atom. The third kappa shape index (κ3) is 2.89. The molecule has 3 nitrogen and oxygen atoms in total. The fourth-order valence-electron chi connectivity index (χ4n) is 1.58. The van der Waals surface area contributed by atoms with Crippen LogP contribution in [0.5, 0.6) is 0 Å². The van der Waals surface area contributed by atoms with Gasteiger partial charge in [0.05, 0.1) is 12.4 Å². The van der Waals surface area contributed by atoms with Crippen molar-refractivity contribution in [2.24, 2.45) is 0 Å². The van der Waals surface area contributed by atoms with Crippen LogP contribution < -0.4 is 10.2 Å². The predicted molar refractivity (Wildman–Crippen MR) is 63.7 cm³/mol. The van der Waals surface area contributed by atoms with Crippen LogP contribution >= 0.6 is 15.9 Å². The number of benzene rings is 1. The molecule has 8 heteroatoms. The first-order valence-corrected chi connectivity index (χ1v) is 5.87. The van der Waals surface area contributed by atoms with E-state index in [1.807, 2.05) is 5.32 Å². The number of allylic oxidation sites excluding steroid dienone is 1. The zero-order chi connectivity index (χ0) is 14.2. The molecule has 1 heterocycles. The summed E-state index contributed by atoms with van der Waals surface area (Å²) >= 11 is 3.05. The number of halogens is 5. The maximum atomic E-state index is 13.6. The van der Waals surface area contributed by atoms with Gasteiger partial charge in [0, 0.05) is 10.5 Å². The highest BCUT2D eigenvalue weighted by Gasteiger charge is 2.37. The van der Waals surface area contributed by atoms with E-state index in [9.17, 15) is 22.4 Å². The van der Waals surface area contributed by atoms with E-state index in [0.29, 0.717) is 10.5 Å². The molecule has 1 aromatic rings. The molecule has 1 N–H and O–H groups in total. The highest BCUT2D eigenvalue weighted by atomic mass is 79.9. The summed E-state index contributed by atoms with van der Waals surface area (Å²) in [5.41, 5.74) is -1.22. The summed E-state index contributed by atoms with van der Waals surface area (Å²) in [6, 6.07) is 3.94. The lowest BCUT2D eigenvalue weighted by atomic mass is 10.2. The third-order valence-corrected chi connectivity index (χ3v) is 2.96. The van der Waals surface area contributed by atoms with Crippen molar-refractivity contribution in [3.63, 3.8) is 0 Å². The first-order chi connectivity index (χ1) is 8.79. The van der Waals surface area contributed by atoms with Crippen molar-refractivity contribution in [2.75, 3.05) is 11.6 Å². The van der Waals surface area contributed by atoms with E-state index in [-0.39, 0.29) is 5.69 Å². The molecule has 0 bridgehead atoms. The van der Waals surface area contributed by atoms with Gasteiger partial charge in [-0.25, -0.2) is 4.39 Å². The van der Waals surface area contributed by atoms with Crippen molar-refractivity contribution in [2.45, 2.75) is 6.18 Å². The van der Waals surface area contributed by atoms with Crippen LogP contribution in [0.2, 0.25) is 0 Å². The number of amides is 1. The second-order valence-corrected chi connectivity index (χ2v) is 4.67. The van der Waals surface area contributed by atoms with Crippen LogP contribution in [0.3, 0.4) is 0 Å². The summed E-state index contributed by atoms with van der Waals surface area (Å²) in [6.07, 6.45) is -4.22. The van der Waals surface area contributed by atoms with Gasteiger partial charge in [0.2, 0.25) is 0 Å². The van der Waals surface area contributed by atoms with Gasteiger partial charge < -0.3 is 5.32 Å². The first-order valence-electron chi connectivity index (χ1n) is 5.08. The van der Waals surface area contributed by atoms with Crippen molar-refractivity contribution >= 4 is 27.5 Å². The molecule has 0 aliphatic carbocycles. The molecule has 0 unspecified atom stereocenters. The summed E-state index contributed by atoms with van der Waals surface area (Å²) in [5, 5.41) is 2.04. The summed E-state index contributed by atoms with van der Waals surface area (Å²) < 4.78 is 51.3. The molecule has 102 valence electrons. The van der Waals surface area contributed by atoms with Crippen molar-refractivity contribution in [3.05, 3.63) is 40.3 Å². The maximum absolute atomic E-state index is 13.6. The molecule has 2 rings (SSSR count). The molecule has 1 aliphatic rings. The molecule has 1 aliphatic heterocycles. The number of rotatable bonds is 1. The molecule has 19 heavy (non-hydrogen) atoms. The van der Waals surface area contributed by atoms with Crippen molar-refractivity contribution in [1.82, 2.24) is 5.32 Å². The molecule has 0 radical (unpaired) electrons. The van der Waals surface area contributed by atoms with E-state index in [1.54, 1.807) is 0 Å². The second-order valence-electron chi connectivity index (χ2n) is 3.75. The molecule has 0 saturated heterocycles. The Bertz CT molecular complexity index is 556. The molecular formula is C11H7BrF4N2O. The van der Waals surface area contributed by atoms with Gasteiger partial charge in [0.15, 0.2) is 0 Å². The van der Waals surface area contributed by atoms with Gasteiger partial charge in [-0.3, -0.25) is 9.69 Å². The molecule has 0 atom stereocenters. The zero-order valence-corrected chi connectivity index (χ0v) is 10.8. The minimum absolute atomic E-state index is 0.0850. The third-order valence-electron chi connectivity index (χ3n) is 2.47. The molecule has 1 aromatic carbocycles. The van der Waals surface area contributed by atoms with Crippen molar-refractivity contribution in [1.29, 1.82) is 0 Å². The van der Waals surface area contributed by atoms with Crippen LogP contribution in [0, 0.1) is 5.82 Å². The lowest BCUT2D eigenvalue weighted by Crippen LogP contribution is -2.45. The maximum Gasteiger partial charge on any atom is 0.431 e. The van der Waals surface area contributed by atoms with Gasteiger partial charge in [-0.1, -0.05) is 15.9 Å². The van der Waals surface area contributed by atoms with Crippen LogP contribution in [-0.2, 0) is 4.79 Å². The van der Waals surface area contributed by atoms with E-state index >= 15 is 0 Å². The molecule has 0 aromatic heterocycles. The Labute approximate surface area is 114 Å². The van der Waals surface area contributed by atoms with Gasteiger partial charge in [0.1, 0.15) is 11.5 Å². The first kappa shape index (κ1) is 13.9. The number of nitrogens with zero attached hydrogens (tertiary/aromatic N) is 1. The van der Waals surface area contributed by atoms with Crippen LogP contribution in [0.4, 0.5) is 23.2 Å². The van der Waals surface area contributed by atoms with Gasteiger partial charge in [-0.05, 0) is 18.2 Å². The average molecular weight is 339 g/mol. The number of hydrogen-bond acceptors (Lipinski definition) is 2. The normalized spacial score (nSPS) is 16.2. The van der Waals surface area contributed by atoms with E-state index in [1.165, 1.54) is 12.1 Å². The zero-order valence-electron chi connectivity index (χ0n) is 9.26. The van der Waals surface area contributed by atoms with E-state index in [2.05, 4.69) is 15.9 Å². The molecular weight excluding hydrogens is 332 g/mol. The Morgan fingerprint density at radius 1 is 1.32 bits per heavy atom. The fourth-order valence-corrected chi connectivity index (χ4v) is 1.91. The Balaban J connectivity index is 2.30. The quantitative estimate of drug-likeness (QED) is 0.798. The van der Waals surface area contributed by atoms with E-state index in [4.69, 9.17) is 0 Å². The number of carbonyl (C=O) groups excluding carboxylic acids is 1. The SMILES string of the molecule is O=C1C=C(C(F)(F)F)NCN1c1ccc(Br)cc1F. The summed E-state index contributed by atoms with van der Waals surface area (Å²) in [5.74, 6) is -1.62. The summed E-state index contributed by atoms with van der Waals surface area (Å²) in [7, 11) is 0. The van der Waals surface area contributed by atoms with Gasteiger partial charge in [-0.2, -0.15) is 13.2 Å². The molecule has 0 fully saturated rings. The monoisotopic (exact) mass is 338 g/mol. The van der Waals surface area contributed by atoms with Gasteiger partial charge in [0.25, 0.3) is 5.91 Å². The molecule has 0 saturated carbocycles.